The van der Waals surface area contributed by atoms with Crippen LogP contribution < -0.4 is 35.2 Å². The number of nitrogens with zero attached hydrogens (tertiary/aromatic N) is 12. The fourth-order valence-electron chi connectivity index (χ4n) is 9.04. The van der Waals surface area contributed by atoms with Crippen LogP contribution in [0.1, 0.15) is 43.7 Å². The highest BCUT2D eigenvalue weighted by Crippen LogP contribution is 2.32. The normalized spacial score (nSPS) is 16.6. The van der Waals surface area contributed by atoms with Gasteiger partial charge in [-0.3, -0.25) is 9.48 Å². The first-order chi connectivity index (χ1) is 38.2. The number of aliphatic hydroxyl groups excluding tert-OH is 1. The third-order valence-electron chi connectivity index (χ3n) is 13.1. The van der Waals surface area contributed by atoms with Crippen LogP contribution in [0.4, 0.5) is 33.5 Å². The van der Waals surface area contributed by atoms with Crippen molar-refractivity contribution in [1.29, 1.82) is 0 Å². The lowest BCUT2D eigenvalue weighted by atomic mass is 9.99. The van der Waals surface area contributed by atoms with E-state index in [0.717, 1.165) is 73.1 Å². The van der Waals surface area contributed by atoms with Crippen molar-refractivity contribution in [1.82, 2.24) is 54.2 Å². The molecule has 424 valence electrons. The Kier molecular flexibility index (Phi) is 21.9. The van der Waals surface area contributed by atoms with Crippen LogP contribution in [-0.2, 0) is 59.8 Å². The predicted molar refractivity (Wildman–Crippen MR) is 289 cm³/mol. The Morgan fingerprint density at radius 3 is 2.27 bits per heavy atom. The number of nitrogens with one attached hydrogen (secondary N) is 3. The lowest BCUT2D eigenvalue weighted by molar-refractivity contribution is -0.117. The van der Waals surface area contributed by atoms with E-state index >= 15 is 0 Å². The van der Waals surface area contributed by atoms with E-state index in [9.17, 15) is 14.3 Å². The average molecular weight is 1090 g/mol. The maximum absolute atomic E-state index is 14.9. The number of pyridine rings is 1. The van der Waals surface area contributed by atoms with Gasteiger partial charge in [-0.05, 0) is 43.7 Å². The number of rotatable bonds is 35. The minimum atomic E-state index is -1.31. The van der Waals surface area contributed by atoms with E-state index in [1.54, 1.807) is 32.9 Å². The van der Waals surface area contributed by atoms with Crippen molar-refractivity contribution < 1.29 is 52.2 Å². The number of anilines is 5. The number of alkyl halides is 1. The summed E-state index contributed by atoms with van der Waals surface area (Å²) in [6.45, 7) is 13.3. The topological polar surface area (TPSA) is 258 Å². The third kappa shape index (κ3) is 15.9. The number of fused-ring (bicyclic) bond motifs is 2. The molecule has 2 saturated heterocycles. The number of aryl methyl sites for hydroxylation is 2. The first-order valence-corrected chi connectivity index (χ1v) is 26.7. The Morgan fingerprint density at radius 2 is 1.60 bits per heavy atom. The van der Waals surface area contributed by atoms with Crippen molar-refractivity contribution in [3.8, 4) is 11.8 Å². The van der Waals surface area contributed by atoms with Gasteiger partial charge in [-0.2, -0.15) is 19.6 Å². The number of imidazole rings is 1. The molecule has 0 aliphatic carbocycles. The van der Waals surface area contributed by atoms with Crippen LogP contribution in [0.5, 0.6) is 11.8 Å². The predicted octanol–water partition coefficient (Wildman–Crippen LogP) is 3.67. The molecule has 0 aromatic carbocycles. The average Bonchev–Trinajstić information content (AvgIpc) is 4.39. The third-order valence-corrected chi connectivity index (χ3v) is 13.1. The largest absolute Gasteiger partial charge is 0.478 e. The van der Waals surface area contributed by atoms with Gasteiger partial charge < -0.3 is 73.3 Å². The molecule has 0 bridgehead atoms. The molecular formula is C52H74FN15O10. The molecule has 0 saturated carbocycles. The molecule has 6 aromatic rings. The first kappa shape index (κ1) is 57.4. The van der Waals surface area contributed by atoms with Crippen molar-refractivity contribution in [2.75, 3.05) is 140 Å². The maximum Gasteiger partial charge on any atom is 0.256 e. The second kappa shape index (κ2) is 29.8. The molecule has 0 radical (unpaired) electrons. The van der Waals surface area contributed by atoms with Gasteiger partial charge in [-0.25, -0.2) is 19.3 Å². The van der Waals surface area contributed by atoms with Crippen molar-refractivity contribution >= 4 is 51.8 Å². The van der Waals surface area contributed by atoms with Crippen LogP contribution in [0.25, 0.3) is 16.8 Å². The Bertz CT molecular complexity index is 2800. The van der Waals surface area contributed by atoms with Crippen LogP contribution in [0, 0.1) is 0 Å². The molecule has 25 nitrogen and oxygen atoms in total. The summed E-state index contributed by atoms with van der Waals surface area (Å²) in [7, 11) is 3.33. The number of hydrogen-bond acceptors (Lipinski definition) is 21. The van der Waals surface area contributed by atoms with Gasteiger partial charge in [0.1, 0.15) is 30.1 Å². The van der Waals surface area contributed by atoms with Gasteiger partial charge in [0.2, 0.25) is 17.7 Å². The summed E-state index contributed by atoms with van der Waals surface area (Å²) >= 11 is 0. The van der Waals surface area contributed by atoms with E-state index in [-0.39, 0.29) is 31.7 Å². The van der Waals surface area contributed by atoms with Crippen molar-refractivity contribution in [3.63, 3.8) is 0 Å². The number of ether oxygens (including phenoxy) is 8. The van der Waals surface area contributed by atoms with E-state index < -0.39 is 18.1 Å². The Hall–Kier alpha value is -6.81. The van der Waals surface area contributed by atoms with Crippen LogP contribution >= 0.6 is 0 Å². The molecular weight excluding hydrogens is 1010 g/mol. The molecule has 2 aliphatic rings. The molecule has 1 amide bonds. The van der Waals surface area contributed by atoms with Crippen LogP contribution in [0.3, 0.4) is 0 Å². The number of methoxy groups -OCH3 is 1. The molecule has 0 spiro atoms. The van der Waals surface area contributed by atoms with Crippen LogP contribution in [0.2, 0.25) is 0 Å². The zero-order valence-corrected chi connectivity index (χ0v) is 44.9. The lowest BCUT2D eigenvalue weighted by Gasteiger charge is -2.36. The number of carbonyl (C=O) groups excluding carboxylic acids is 1. The van der Waals surface area contributed by atoms with E-state index in [4.69, 9.17) is 47.9 Å². The van der Waals surface area contributed by atoms with Gasteiger partial charge in [0.05, 0.1) is 124 Å². The van der Waals surface area contributed by atoms with Gasteiger partial charge in [0.15, 0.2) is 22.6 Å². The molecule has 78 heavy (non-hydrogen) atoms. The van der Waals surface area contributed by atoms with E-state index in [0.29, 0.717) is 133 Å². The number of hydrogen-bond donors (Lipinski definition) is 4. The molecule has 6 aromatic heterocycles. The van der Waals surface area contributed by atoms with E-state index in [1.165, 1.54) is 7.11 Å². The number of halogens is 1. The minimum absolute atomic E-state index is 0.00957. The number of aromatic nitrogens is 10. The fourth-order valence-corrected chi connectivity index (χ4v) is 9.04. The zero-order chi connectivity index (χ0) is 54.5. The first-order valence-electron chi connectivity index (χ1n) is 26.7. The summed E-state index contributed by atoms with van der Waals surface area (Å²) in [4.78, 5) is 39.2. The SMILES string of the molecule is C=CC(=O)N[C@@H]1CN(c2nc(Nc3cn(CCOCCOCCOCCOCCOCCOCCOc4ccc(CNc5cc(N6CCCC[C@@H]6CCO)nc6c(CC)cnn56)cn4)nc3OC)c3ncn(C)c3n2)C[C@H]1F. The van der Waals surface area contributed by atoms with Crippen molar-refractivity contribution in [3.05, 3.63) is 66.9 Å². The molecule has 2 aliphatic heterocycles. The standard InChI is InChI=1S/C52H74FN15O10/c1-5-38-32-57-68-43(29-44(60-49(38)68)67-13-8-7-9-39(67)12-15-69)54-30-37-10-11-46(55-31-37)78-28-27-77-26-25-76-24-23-75-22-21-74-20-19-73-18-17-72-16-14-66-35-42(51(63-66)71-4)59-48-47-50(64(3)36-56-47)62-52(61-48)65-33-40(53)41(34-65)58-45(70)6-2/h6,10-11,29,31-32,35-36,39-41,54,69H,2,5,7-9,12-28,30,33-34H2,1,3-4H3,(H,58,70)(H,59,61,62)/t39-,40-,41-/m1/s1. The summed E-state index contributed by atoms with van der Waals surface area (Å²) in [5, 5.41) is 28.3. The molecule has 4 N–H and O–H groups in total. The Balaban J connectivity index is 0.615. The zero-order valence-electron chi connectivity index (χ0n) is 44.9. The van der Waals surface area contributed by atoms with Gasteiger partial charge >= 0.3 is 0 Å². The second-order valence-corrected chi connectivity index (χ2v) is 18.6. The summed E-state index contributed by atoms with van der Waals surface area (Å²) in [5.41, 5.74) is 4.53. The van der Waals surface area contributed by atoms with E-state index in [1.807, 2.05) is 29.9 Å². The molecule has 0 unspecified atom stereocenters. The second-order valence-electron chi connectivity index (χ2n) is 18.6. The Labute approximate surface area is 452 Å². The van der Waals surface area contributed by atoms with Gasteiger partial charge in [0, 0.05) is 63.2 Å². The van der Waals surface area contributed by atoms with Gasteiger partial charge in [-0.1, -0.05) is 19.6 Å². The quantitative estimate of drug-likeness (QED) is 0.0327. The van der Waals surface area contributed by atoms with Gasteiger partial charge in [-0.15, -0.1) is 5.10 Å². The summed E-state index contributed by atoms with van der Waals surface area (Å²) in [6, 6.07) is 5.45. The highest BCUT2D eigenvalue weighted by molar-refractivity contribution is 5.88. The molecule has 2 fully saturated rings. The smallest absolute Gasteiger partial charge is 0.256 e. The molecule has 8 heterocycles. The number of piperidine rings is 1. The number of carbonyl (C=O) groups is 1. The van der Waals surface area contributed by atoms with Gasteiger partial charge in [0.25, 0.3) is 5.88 Å². The Morgan fingerprint density at radius 1 is 0.885 bits per heavy atom. The van der Waals surface area contributed by atoms with E-state index in [2.05, 4.69) is 65.6 Å². The highest BCUT2D eigenvalue weighted by Gasteiger charge is 2.36. The number of aliphatic hydroxyl groups is 1. The van der Waals surface area contributed by atoms with Crippen molar-refractivity contribution in [2.45, 2.75) is 70.4 Å². The van der Waals surface area contributed by atoms with Crippen molar-refractivity contribution in [2.24, 2.45) is 7.05 Å². The van der Waals surface area contributed by atoms with Crippen LogP contribution in [0.15, 0.2) is 55.8 Å². The summed E-state index contributed by atoms with van der Waals surface area (Å²) in [5.74, 6) is 2.86. The maximum atomic E-state index is 14.9. The molecule has 8 rings (SSSR count). The minimum Gasteiger partial charge on any atom is -0.478 e. The van der Waals surface area contributed by atoms with Crippen LogP contribution in [-0.4, -0.2) is 197 Å². The molecule has 3 atom stereocenters. The molecule has 26 heteroatoms. The lowest BCUT2D eigenvalue weighted by Crippen LogP contribution is -2.40. The summed E-state index contributed by atoms with van der Waals surface area (Å²) in [6.07, 6.45) is 11.8. The highest BCUT2D eigenvalue weighted by atomic mass is 19.1. The number of amides is 1. The monoisotopic (exact) mass is 1090 g/mol. The fraction of sp³-hybridized carbons (Fsp3) is 0.577. The summed E-state index contributed by atoms with van der Waals surface area (Å²) < 4.78 is 65.4.